The first-order valence-electron chi connectivity index (χ1n) is 4.35. The van der Waals surface area contributed by atoms with Crippen LogP contribution in [-0.4, -0.2) is 6.29 Å². The maximum atomic E-state index is 10.6. The van der Waals surface area contributed by atoms with Crippen molar-refractivity contribution in [2.45, 2.75) is 33.1 Å². The van der Waals surface area contributed by atoms with Crippen molar-refractivity contribution in [3.05, 3.63) is 11.6 Å². The highest BCUT2D eigenvalue weighted by Crippen LogP contribution is 2.25. The van der Waals surface area contributed by atoms with Crippen molar-refractivity contribution in [2.75, 3.05) is 0 Å². The van der Waals surface area contributed by atoms with Gasteiger partial charge in [0.1, 0.15) is 6.29 Å². The van der Waals surface area contributed by atoms with Crippen molar-refractivity contribution in [2.24, 2.45) is 11.8 Å². The normalized spacial score (nSPS) is 32.4. The molecule has 2 unspecified atom stereocenters. The minimum atomic E-state index is 0.271. The Bertz CT molecular complexity index is 170. The number of carbonyl (C=O) groups excluding carboxylic acids is 1. The van der Waals surface area contributed by atoms with Gasteiger partial charge in [0, 0.05) is 5.92 Å². The zero-order chi connectivity index (χ0) is 8.27. The van der Waals surface area contributed by atoms with E-state index in [0.717, 1.165) is 12.7 Å². The quantitative estimate of drug-likeness (QED) is 0.417. The fourth-order valence-electron chi connectivity index (χ4n) is 1.53. The molecule has 0 saturated carbocycles. The lowest BCUT2D eigenvalue weighted by Crippen LogP contribution is -2.10. The predicted molar refractivity (Wildman–Crippen MR) is 46.3 cm³/mol. The molecule has 0 fully saturated rings. The molecule has 0 aromatic rings. The molecule has 1 aliphatic carbocycles. The van der Waals surface area contributed by atoms with Gasteiger partial charge in [-0.3, -0.25) is 0 Å². The van der Waals surface area contributed by atoms with Gasteiger partial charge in [0.2, 0.25) is 0 Å². The van der Waals surface area contributed by atoms with E-state index in [4.69, 9.17) is 0 Å². The maximum absolute atomic E-state index is 10.6. The van der Waals surface area contributed by atoms with E-state index in [9.17, 15) is 4.79 Å². The van der Waals surface area contributed by atoms with E-state index < -0.39 is 0 Å². The first-order valence-corrected chi connectivity index (χ1v) is 4.35. The second-order valence-electron chi connectivity index (χ2n) is 3.60. The highest BCUT2D eigenvalue weighted by Gasteiger charge is 2.17. The van der Waals surface area contributed by atoms with Gasteiger partial charge >= 0.3 is 0 Å². The summed E-state index contributed by atoms with van der Waals surface area (Å²) in [6.45, 7) is 4.32. The Labute approximate surface area is 68.5 Å². The van der Waals surface area contributed by atoms with E-state index in [-0.39, 0.29) is 5.92 Å². The molecule has 1 heteroatoms. The van der Waals surface area contributed by atoms with Crippen LogP contribution in [0.4, 0.5) is 0 Å². The average molecular weight is 152 g/mol. The molecule has 0 heterocycles. The highest BCUT2D eigenvalue weighted by atomic mass is 16.1. The second-order valence-corrected chi connectivity index (χ2v) is 3.60. The van der Waals surface area contributed by atoms with E-state index in [1.54, 1.807) is 0 Å². The third kappa shape index (κ3) is 2.18. The molecule has 0 amide bonds. The van der Waals surface area contributed by atoms with Crippen LogP contribution in [0.5, 0.6) is 0 Å². The van der Waals surface area contributed by atoms with Crippen molar-refractivity contribution < 1.29 is 4.79 Å². The summed E-state index contributed by atoms with van der Waals surface area (Å²) in [7, 11) is 0. The molecule has 1 aliphatic rings. The zero-order valence-corrected chi connectivity index (χ0v) is 7.34. The lowest BCUT2D eigenvalue weighted by molar-refractivity contribution is -0.112. The molecule has 0 spiro atoms. The Morgan fingerprint density at radius 1 is 1.64 bits per heavy atom. The van der Waals surface area contributed by atoms with Crippen LogP contribution < -0.4 is 0 Å². The largest absolute Gasteiger partial charge is 0.303 e. The molecule has 11 heavy (non-hydrogen) atoms. The summed E-state index contributed by atoms with van der Waals surface area (Å²) in [5, 5.41) is 0. The van der Waals surface area contributed by atoms with Crippen molar-refractivity contribution in [1.82, 2.24) is 0 Å². The van der Waals surface area contributed by atoms with E-state index in [1.807, 2.05) is 0 Å². The number of hydrogen-bond donors (Lipinski definition) is 0. The maximum Gasteiger partial charge on any atom is 0.123 e. The van der Waals surface area contributed by atoms with Crippen LogP contribution in [0.15, 0.2) is 11.6 Å². The molecular formula is C10H16O. The van der Waals surface area contributed by atoms with Gasteiger partial charge in [0.15, 0.2) is 0 Å². The third-order valence-corrected chi connectivity index (χ3v) is 2.64. The van der Waals surface area contributed by atoms with Crippen LogP contribution in [0.3, 0.4) is 0 Å². The van der Waals surface area contributed by atoms with Crippen molar-refractivity contribution in [3.8, 4) is 0 Å². The molecule has 0 bridgehead atoms. The molecule has 0 radical (unpaired) electrons. The average Bonchev–Trinajstić information content (AvgIpc) is 2.15. The Balaban J connectivity index is 2.60. The number of allylic oxidation sites excluding steroid dienone is 2. The van der Waals surface area contributed by atoms with Crippen LogP contribution in [-0.2, 0) is 4.79 Å². The third-order valence-electron chi connectivity index (χ3n) is 2.64. The van der Waals surface area contributed by atoms with Crippen molar-refractivity contribution in [1.29, 1.82) is 0 Å². The fourth-order valence-corrected chi connectivity index (χ4v) is 1.53. The van der Waals surface area contributed by atoms with Gasteiger partial charge in [-0.05, 0) is 32.1 Å². The number of aldehydes is 1. The van der Waals surface area contributed by atoms with Crippen LogP contribution in [0.1, 0.15) is 33.1 Å². The molecule has 1 rings (SSSR count). The number of carbonyl (C=O) groups is 1. The van der Waals surface area contributed by atoms with Crippen LogP contribution in [0.25, 0.3) is 0 Å². The van der Waals surface area contributed by atoms with Gasteiger partial charge in [-0.2, -0.15) is 0 Å². The highest BCUT2D eigenvalue weighted by molar-refractivity contribution is 5.54. The lowest BCUT2D eigenvalue weighted by Gasteiger charge is -2.13. The van der Waals surface area contributed by atoms with Gasteiger partial charge in [0.25, 0.3) is 0 Å². The summed E-state index contributed by atoms with van der Waals surface area (Å²) >= 11 is 0. The summed E-state index contributed by atoms with van der Waals surface area (Å²) in [6, 6.07) is 0. The van der Waals surface area contributed by atoms with Crippen LogP contribution in [0.2, 0.25) is 0 Å². The smallest absolute Gasteiger partial charge is 0.123 e. The molecule has 2 atom stereocenters. The molecule has 1 nitrogen and oxygen atoms in total. The molecule has 0 saturated heterocycles. The van der Waals surface area contributed by atoms with E-state index >= 15 is 0 Å². The SMILES string of the molecule is CC1=CCC(C=O)C(C)CC1. The van der Waals surface area contributed by atoms with E-state index in [2.05, 4.69) is 19.9 Å². The summed E-state index contributed by atoms with van der Waals surface area (Å²) in [5.41, 5.74) is 1.45. The Kier molecular flexibility index (Phi) is 2.86. The Morgan fingerprint density at radius 2 is 2.36 bits per heavy atom. The molecule has 0 aromatic heterocycles. The minimum Gasteiger partial charge on any atom is -0.303 e. The first kappa shape index (κ1) is 8.51. The summed E-state index contributed by atoms with van der Waals surface area (Å²) in [6.07, 6.45) is 6.62. The Morgan fingerprint density at radius 3 is 3.00 bits per heavy atom. The number of rotatable bonds is 1. The van der Waals surface area contributed by atoms with Crippen molar-refractivity contribution >= 4 is 6.29 Å². The molecular weight excluding hydrogens is 136 g/mol. The second kappa shape index (κ2) is 3.70. The Hall–Kier alpha value is -0.590. The summed E-state index contributed by atoms with van der Waals surface area (Å²) < 4.78 is 0. The van der Waals surface area contributed by atoms with Gasteiger partial charge in [-0.15, -0.1) is 0 Å². The standard InChI is InChI=1S/C10H16O/c1-8-3-5-9(2)10(7-11)6-4-8/h4,7,9-10H,3,5-6H2,1-2H3. The van der Waals surface area contributed by atoms with Gasteiger partial charge < -0.3 is 4.79 Å². The summed E-state index contributed by atoms with van der Waals surface area (Å²) in [4.78, 5) is 10.6. The monoisotopic (exact) mass is 152 g/mol. The van der Waals surface area contributed by atoms with E-state index in [0.29, 0.717) is 5.92 Å². The molecule has 62 valence electrons. The topological polar surface area (TPSA) is 17.1 Å². The number of hydrogen-bond acceptors (Lipinski definition) is 1. The van der Waals surface area contributed by atoms with Crippen LogP contribution >= 0.6 is 0 Å². The fraction of sp³-hybridized carbons (Fsp3) is 0.700. The van der Waals surface area contributed by atoms with Crippen LogP contribution in [0, 0.1) is 11.8 Å². The lowest BCUT2D eigenvalue weighted by atomic mass is 9.91. The first-order chi connectivity index (χ1) is 5.24. The van der Waals surface area contributed by atoms with Gasteiger partial charge in [0.05, 0.1) is 0 Å². The molecule has 0 aliphatic heterocycles. The molecule has 0 N–H and O–H groups in total. The predicted octanol–water partition coefficient (Wildman–Crippen LogP) is 2.57. The zero-order valence-electron chi connectivity index (χ0n) is 7.34. The molecule has 0 aromatic carbocycles. The summed E-state index contributed by atoms with van der Waals surface area (Å²) in [5.74, 6) is 0.841. The van der Waals surface area contributed by atoms with E-state index in [1.165, 1.54) is 18.4 Å². The minimum absolute atomic E-state index is 0.271. The van der Waals surface area contributed by atoms with Crippen molar-refractivity contribution in [3.63, 3.8) is 0 Å². The van der Waals surface area contributed by atoms with Gasteiger partial charge in [-0.1, -0.05) is 18.6 Å². The van der Waals surface area contributed by atoms with Gasteiger partial charge in [-0.25, -0.2) is 0 Å².